The van der Waals surface area contributed by atoms with Gasteiger partial charge in [0.1, 0.15) is 0 Å². The molecule has 1 aliphatic rings. The number of rotatable bonds is 3. The molecule has 4 heterocycles. The van der Waals surface area contributed by atoms with Crippen molar-refractivity contribution in [2.45, 2.75) is 18.9 Å². The smallest absolute Gasteiger partial charge is 0.247 e. The van der Waals surface area contributed by atoms with Crippen LogP contribution in [0.15, 0.2) is 60.9 Å². The highest BCUT2D eigenvalue weighted by atomic mass is 16.2. The van der Waals surface area contributed by atoms with Gasteiger partial charge in [0.25, 0.3) is 0 Å². The molecule has 138 valence electrons. The van der Waals surface area contributed by atoms with E-state index in [1.165, 1.54) is 0 Å². The lowest BCUT2D eigenvalue weighted by molar-refractivity contribution is -0.127. The quantitative estimate of drug-likeness (QED) is 0.518. The van der Waals surface area contributed by atoms with E-state index in [1.54, 1.807) is 18.3 Å². The lowest BCUT2D eigenvalue weighted by Gasteiger charge is -2.22. The van der Waals surface area contributed by atoms with E-state index in [1.807, 2.05) is 58.0 Å². The van der Waals surface area contributed by atoms with Crippen LogP contribution in [0.25, 0.3) is 22.8 Å². The van der Waals surface area contributed by atoms with Gasteiger partial charge in [-0.3, -0.25) is 14.2 Å². The van der Waals surface area contributed by atoms with E-state index in [-0.39, 0.29) is 11.9 Å². The van der Waals surface area contributed by atoms with Gasteiger partial charge in [-0.2, -0.15) is 0 Å². The first-order valence-electron chi connectivity index (χ1n) is 9.30. The van der Waals surface area contributed by atoms with Crippen molar-refractivity contribution in [2.75, 3.05) is 6.54 Å². The summed E-state index contributed by atoms with van der Waals surface area (Å²) in [7, 11) is 0. The van der Waals surface area contributed by atoms with Gasteiger partial charge in [-0.25, -0.2) is 4.98 Å². The van der Waals surface area contributed by atoms with Crippen molar-refractivity contribution in [3.63, 3.8) is 0 Å². The van der Waals surface area contributed by atoms with Crippen LogP contribution in [-0.2, 0) is 4.79 Å². The van der Waals surface area contributed by atoms with Crippen LogP contribution in [-0.4, -0.2) is 41.9 Å². The summed E-state index contributed by atoms with van der Waals surface area (Å²) >= 11 is 0. The van der Waals surface area contributed by atoms with Crippen LogP contribution in [0.2, 0.25) is 0 Å². The SMILES string of the molecule is O=C(/C=C/c1cnc2ccccc2n1)N1CCC[C@@H]1c1nnc2ccccn12. The predicted molar refractivity (Wildman–Crippen MR) is 105 cm³/mol. The number of likely N-dealkylation sites (tertiary alicyclic amines) is 1. The van der Waals surface area contributed by atoms with E-state index in [2.05, 4.69) is 20.2 Å². The van der Waals surface area contributed by atoms with Gasteiger partial charge in [0, 0.05) is 18.8 Å². The molecule has 0 N–H and O–H groups in total. The molecule has 3 aromatic heterocycles. The van der Waals surface area contributed by atoms with Gasteiger partial charge in [-0.15, -0.1) is 10.2 Å². The van der Waals surface area contributed by atoms with Crippen LogP contribution in [0.4, 0.5) is 0 Å². The van der Waals surface area contributed by atoms with E-state index in [0.717, 1.165) is 35.3 Å². The van der Waals surface area contributed by atoms with Crippen molar-refractivity contribution in [2.24, 2.45) is 0 Å². The van der Waals surface area contributed by atoms with E-state index in [4.69, 9.17) is 0 Å². The summed E-state index contributed by atoms with van der Waals surface area (Å²) in [5.41, 5.74) is 3.10. The third kappa shape index (κ3) is 2.90. The first kappa shape index (κ1) is 16.6. The number of hydrogen-bond donors (Lipinski definition) is 0. The molecule has 0 saturated carbocycles. The van der Waals surface area contributed by atoms with Crippen molar-refractivity contribution < 1.29 is 4.79 Å². The van der Waals surface area contributed by atoms with Crippen LogP contribution in [0, 0.1) is 0 Å². The second-order valence-electron chi connectivity index (χ2n) is 6.79. The minimum atomic E-state index is -0.0720. The number of hydrogen-bond acceptors (Lipinski definition) is 5. The minimum Gasteiger partial charge on any atom is -0.329 e. The summed E-state index contributed by atoms with van der Waals surface area (Å²) in [6.45, 7) is 0.707. The van der Waals surface area contributed by atoms with Crippen LogP contribution in [0.1, 0.15) is 30.4 Å². The van der Waals surface area contributed by atoms with E-state index in [9.17, 15) is 4.79 Å². The Bertz CT molecular complexity index is 1200. The first-order chi connectivity index (χ1) is 13.8. The van der Waals surface area contributed by atoms with Gasteiger partial charge < -0.3 is 4.90 Å². The van der Waals surface area contributed by atoms with Gasteiger partial charge in [-0.1, -0.05) is 18.2 Å². The second kappa shape index (κ2) is 6.84. The molecular weight excluding hydrogens is 352 g/mol. The third-order valence-corrected chi connectivity index (χ3v) is 5.04. The Hall–Kier alpha value is -3.61. The molecule has 7 heteroatoms. The average molecular weight is 370 g/mol. The Morgan fingerprint density at radius 1 is 1.07 bits per heavy atom. The molecule has 28 heavy (non-hydrogen) atoms. The molecule has 5 rings (SSSR count). The van der Waals surface area contributed by atoms with Gasteiger partial charge in [0.15, 0.2) is 11.5 Å². The predicted octanol–water partition coefficient (Wildman–Crippen LogP) is 3.05. The maximum absolute atomic E-state index is 12.9. The zero-order valence-corrected chi connectivity index (χ0v) is 15.1. The minimum absolute atomic E-state index is 0.0508. The van der Waals surface area contributed by atoms with Gasteiger partial charge >= 0.3 is 0 Å². The van der Waals surface area contributed by atoms with E-state index in [0.29, 0.717) is 12.2 Å². The largest absolute Gasteiger partial charge is 0.329 e. The number of fused-ring (bicyclic) bond motifs is 2. The summed E-state index contributed by atoms with van der Waals surface area (Å²) in [4.78, 5) is 23.6. The highest BCUT2D eigenvalue weighted by Gasteiger charge is 2.32. The maximum atomic E-state index is 12.9. The summed E-state index contributed by atoms with van der Waals surface area (Å²) in [5, 5.41) is 8.55. The van der Waals surface area contributed by atoms with Crippen LogP contribution in [0.3, 0.4) is 0 Å². The Morgan fingerprint density at radius 3 is 2.86 bits per heavy atom. The lowest BCUT2D eigenvalue weighted by atomic mass is 10.2. The third-order valence-electron chi connectivity index (χ3n) is 5.04. The Morgan fingerprint density at radius 2 is 1.93 bits per heavy atom. The highest BCUT2D eigenvalue weighted by Crippen LogP contribution is 2.31. The number of nitrogens with zero attached hydrogens (tertiary/aromatic N) is 6. The summed E-state index contributed by atoms with van der Waals surface area (Å²) < 4.78 is 1.95. The maximum Gasteiger partial charge on any atom is 0.247 e. The molecule has 1 saturated heterocycles. The van der Waals surface area contributed by atoms with Crippen LogP contribution >= 0.6 is 0 Å². The molecule has 0 spiro atoms. The van der Waals surface area contributed by atoms with Crippen LogP contribution < -0.4 is 0 Å². The molecule has 1 aromatic carbocycles. The fourth-order valence-corrected chi connectivity index (χ4v) is 3.69. The molecular formula is C21H18N6O. The molecule has 1 atom stereocenters. The monoisotopic (exact) mass is 370 g/mol. The number of carbonyl (C=O) groups excluding carboxylic acids is 1. The van der Waals surface area contributed by atoms with Gasteiger partial charge in [0.2, 0.25) is 5.91 Å². The molecule has 4 aromatic rings. The normalized spacial score (nSPS) is 17.1. The lowest BCUT2D eigenvalue weighted by Crippen LogP contribution is -2.30. The fraction of sp³-hybridized carbons (Fsp3) is 0.190. The van der Waals surface area contributed by atoms with E-state index >= 15 is 0 Å². The van der Waals surface area contributed by atoms with Crippen molar-refractivity contribution in [1.29, 1.82) is 0 Å². The number of aromatic nitrogens is 5. The van der Waals surface area contributed by atoms with Crippen LogP contribution in [0.5, 0.6) is 0 Å². The number of amides is 1. The van der Waals surface area contributed by atoms with Crippen molar-refractivity contribution in [1.82, 2.24) is 29.5 Å². The fourth-order valence-electron chi connectivity index (χ4n) is 3.69. The van der Waals surface area contributed by atoms with Gasteiger partial charge in [-0.05, 0) is 43.2 Å². The standard InChI is InChI=1S/C21H18N6O/c28-20(11-10-15-14-22-16-6-1-2-7-17(16)23-15)26-13-5-8-18(26)21-25-24-19-9-3-4-12-27(19)21/h1-4,6-7,9-12,14,18H,5,8,13H2/b11-10+/t18-/m1/s1. The Labute approximate surface area is 161 Å². The van der Waals surface area contributed by atoms with Gasteiger partial charge in [0.05, 0.1) is 29.0 Å². The highest BCUT2D eigenvalue weighted by molar-refractivity contribution is 5.92. The van der Waals surface area contributed by atoms with Crippen molar-refractivity contribution >= 4 is 28.7 Å². The molecule has 0 bridgehead atoms. The Balaban J connectivity index is 1.39. The number of para-hydroxylation sites is 2. The van der Waals surface area contributed by atoms with Crippen molar-refractivity contribution in [3.8, 4) is 0 Å². The average Bonchev–Trinajstić information content (AvgIpc) is 3.38. The van der Waals surface area contributed by atoms with Crippen molar-refractivity contribution in [3.05, 3.63) is 72.5 Å². The second-order valence-corrected chi connectivity index (χ2v) is 6.79. The zero-order chi connectivity index (χ0) is 18.9. The molecule has 1 fully saturated rings. The molecule has 0 radical (unpaired) electrons. The van der Waals surface area contributed by atoms with E-state index < -0.39 is 0 Å². The molecule has 0 aliphatic carbocycles. The number of pyridine rings is 1. The summed E-state index contributed by atoms with van der Waals surface area (Å²) in [6, 6.07) is 13.4. The molecule has 1 amide bonds. The Kier molecular flexibility index (Phi) is 4.05. The zero-order valence-electron chi connectivity index (χ0n) is 15.1. The number of carbonyl (C=O) groups is 1. The number of benzene rings is 1. The summed E-state index contributed by atoms with van der Waals surface area (Å²) in [5.74, 6) is 0.755. The topological polar surface area (TPSA) is 76.3 Å². The molecule has 7 nitrogen and oxygen atoms in total. The molecule has 1 aliphatic heterocycles. The summed E-state index contributed by atoms with van der Waals surface area (Å²) in [6.07, 6.45) is 8.73. The molecule has 0 unspecified atom stereocenters. The first-order valence-corrected chi connectivity index (χ1v) is 9.30.